The molecule has 0 unspecified atom stereocenters. The zero-order valence-corrected chi connectivity index (χ0v) is 15.0. The Morgan fingerprint density at radius 1 is 1.30 bits per heavy atom. The first-order chi connectivity index (χ1) is 10.9. The molecule has 1 amide bonds. The van der Waals surface area contributed by atoms with E-state index in [4.69, 9.17) is 34.8 Å². The highest BCUT2D eigenvalue weighted by molar-refractivity contribution is 6.36. The van der Waals surface area contributed by atoms with Gasteiger partial charge in [-0.1, -0.05) is 40.9 Å². The molecular weight excluding hydrogens is 357 g/mol. The van der Waals surface area contributed by atoms with Crippen molar-refractivity contribution in [2.45, 2.75) is 13.3 Å². The monoisotopic (exact) mass is 371 g/mol. The van der Waals surface area contributed by atoms with Crippen molar-refractivity contribution < 1.29 is 4.79 Å². The second kappa shape index (κ2) is 7.86. The van der Waals surface area contributed by atoms with E-state index in [1.165, 1.54) is 6.08 Å². The summed E-state index contributed by atoms with van der Waals surface area (Å²) < 4.78 is 1.56. The Hall–Kier alpha value is -1.49. The predicted octanol–water partition coefficient (Wildman–Crippen LogP) is 4.06. The van der Waals surface area contributed by atoms with Crippen molar-refractivity contribution in [3.05, 3.63) is 56.3 Å². The fourth-order valence-electron chi connectivity index (χ4n) is 2.14. The lowest BCUT2D eigenvalue weighted by molar-refractivity contribution is -0.116. The van der Waals surface area contributed by atoms with Crippen molar-refractivity contribution >= 4 is 46.8 Å². The SMILES string of the molecule is Cc1nn(C)c(Cl)c1C=CC(=O)NCCc1c(Cl)cccc1Cl. The van der Waals surface area contributed by atoms with E-state index < -0.39 is 0 Å². The second-order valence-corrected chi connectivity index (χ2v) is 6.16. The molecule has 0 aliphatic rings. The van der Waals surface area contributed by atoms with Crippen molar-refractivity contribution in [3.63, 3.8) is 0 Å². The Morgan fingerprint density at radius 3 is 2.52 bits per heavy atom. The van der Waals surface area contributed by atoms with Gasteiger partial charge < -0.3 is 5.32 Å². The molecule has 0 aliphatic carbocycles. The molecule has 23 heavy (non-hydrogen) atoms. The molecule has 7 heteroatoms. The maximum atomic E-state index is 11.9. The standard InChI is InChI=1S/C16H16Cl3N3O/c1-10-11(16(19)22(2)21-10)6-7-15(23)20-9-8-12-13(17)4-3-5-14(12)18/h3-7H,8-9H2,1-2H3,(H,20,23). The fourth-order valence-corrected chi connectivity index (χ4v) is 2.96. The molecule has 0 saturated heterocycles. The van der Waals surface area contributed by atoms with E-state index in [2.05, 4.69) is 10.4 Å². The van der Waals surface area contributed by atoms with Gasteiger partial charge in [-0.05, 0) is 37.1 Å². The third-order valence-corrected chi connectivity index (χ3v) is 4.49. The zero-order chi connectivity index (χ0) is 17.0. The van der Waals surface area contributed by atoms with Crippen LogP contribution in [0.2, 0.25) is 15.2 Å². The number of halogens is 3. The lowest BCUT2D eigenvalue weighted by atomic mass is 10.1. The molecule has 1 aromatic heterocycles. The maximum absolute atomic E-state index is 11.9. The first-order valence-corrected chi connectivity index (χ1v) is 8.11. The van der Waals surface area contributed by atoms with Gasteiger partial charge in [0.25, 0.3) is 0 Å². The summed E-state index contributed by atoms with van der Waals surface area (Å²) >= 11 is 18.3. The minimum atomic E-state index is -0.215. The highest BCUT2D eigenvalue weighted by atomic mass is 35.5. The average Bonchev–Trinajstić information content (AvgIpc) is 2.73. The summed E-state index contributed by atoms with van der Waals surface area (Å²) in [5.74, 6) is -0.215. The van der Waals surface area contributed by atoms with Crippen LogP contribution in [-0.2, 0) is 18.3 Å². The van der Waals surface area contributed by atoms with E-state index in [0.29, 0.717) is 28.2 Å². The van der Waals surface area contributed by atoms with Crippen LogP contribution in [0.1, 0.15) is 16.8 Å². The van der Waals surface area contributed by atoms with Gasteiger partial charge in [-0.2, -0.15) is 5.10 Å². The van der Waals surface area contributed by atoms with Gasteiger partial charge in [0.2, 0.25) is 5.91 Å². The average molecular weight is 373 g/mol. The number of hydrogen-bond acceptors (Lipinski definition) is 2. The van der Waals surface area contributed by atoms with E-state index in [9.17, 15) is 4.79 Å². The third kappa shape index (κ3) is 4.50. The van der Waals surface area contributed by atoms with Crippen LogP contribution >= 0.6 is 34.8 Å². The normalized spacial score (nSPS) is 11.2. The Bertz CT molecular complexity index is 733. The van der Waals surface area contributed by atoms with Crippen molar-refractivity contribution in [2.24, 2.45) is 7.05 Å². The van der Waals surface area contributed by atoms with Crippen molar-refractivity contribution in [1.82, 2.24) is 15.1 Å². The third-order valence-electron chi connectivity index (χ3n) is 3.33. The lowest BCUT2D eigenvalue weighted by Gasteiger charge is -2.07. The summed E-state index contributed by atoms with van der Waals surface area (Å²) in [7, 11) is 1.75. The van der Waals surface area contributed by atoms with E-state index in [1.807, 2.05) is 6.92 Å². The zero-order valence-electron chi connectivity index (χ0n) is 12.7. The van der Waals surface area contributed by atoms with Gasteiger partial charge in [-0.15, -0.1) is 0 Å². The van der Waals surface area contributed by atoms with Crippen LogP contribution in [0.5, 0.6) is 0 Å². The summed E-state index contributed by atoms with van der Waals surface area (Å²) in [5, 5.41) is 8.66. The first kappa shape index (κ1) is 17.9. The molecule has 1 aromatic carbocycles. The predicted molar refractivity (Wildman–Crippen MR) is 95.2 cm³/mol. The molecule has 1 N–H and O–H groups in total. The molecule has 4 nitrogen and oxygen atoms in total. The molecule has 0 spiro atoms. The summed E-state index contributed by atoms with van der Waals surface area (Å²) in [5.41, 5.74) is 2.33. The maximum Gasteiger partial charge on any atom is 0.244 e. The number of aryl methyl sites for hydroxylation is 2. The van der Waals surface area contributed by atoms with Crippen molar-refractivity contribution in [2.75, 3.05) is 6.54 Å². The van der Waals surface area contributed by atoms with Crippen LogP contribution in [0.4, 0.5) is 0 Å². The molecule has 0 fully saturated rings. The van der Waals surface area contributed by atoms with E-state index in [0.717, 1.165) is 16.8 Å². The van der Waals surface area contributed by atoms with Crippen LogP contribution in [0.25, 0.3) is 6.08 Å². The Balaban J connectivity index is 1.92. The molecule has 0 saturated carbocycles. The van der Waals surface area contributed by atoms with Crippen LogP contribution in [-0.4, -0.2) is 22.2 Å². The number of aromatic nitrogens is 2. The molecule has 0 atom stereocenters. The smallest absolute Gasteiger partial charge is 0.244 e. The summed E-state index contributed by atoms with van der Waals surface area (Å²) in [6, 6.07) is 5.34. The molecule has 0 radical (unpaired) electrons. The largest absolute Gasteiger partial charge is 0.352 e. The first-order valence-electron chi connectivity index (χ1n) is 6.98. The summed E-state index contributed by atoms with van der Waals surface area (Å²) in [6.45, 7) is 2.27. The summed E-state index contributed by atoms with van der Waals surface area (Å²) in [6.07, 6.45) is 3.65. The number of nitrogens with zero attached hydrogens (tertiary/aromatic N) is 2. The van der Waals surface area contributed by atoms with Gasteiger partial charge in [0.05, 0.1) is 5.69 Å². The van der Waals surface area contributed by atoms with Gasteiger partial charge in [0.1, 0.15) is 5.15 Å². The molecule has 1 heterocycles. The molecule has 0 bridgehead atoms. The van der Waals surface area contributed by atoms with Crippen molar-refractivity contribution in [1.29, 1.82) is 0 Å². The van der Waals surface area contributed by atoms with Gasteiger partial charge in [0, 0.05) is 35.3 Å². The highest BCUT2D eigenvalue weighted by Gasteiger charge is 2.09. The number of rotatable bonds is 5. The summed E-state index contributed by atoms with van der Waals surface area (Å²) in [4.78, 5) is 11.9. The van der Waals surface area contributed by atoms with E-state index >= 15 is 0 Å². The number of nitrogens with one attached hydrogen (secondary N) is 1. The number of benzene rings is 1. The minimum absolute atomic E-state index is 0.215. The highest BCUT2D eigenvalue weighted by Crippen LogP contribution is 2.24. The molecular formula is C16H16Cl3N3O. The molecule has 2 aromatic rings. The molecule has 2 rings (SSSR count). The van der Waals surface area contributed by atoms with Crippen molar-refractivity contribution in [3.8, 4) is 0 Å². The molecule has 0 aliphatic heterocycles. The Morgan fingerprint density at radius 2 is 1.96 bits per heavy atom. The number of amides is 1. The van der Waals surface area contributed by atoms with Crippen LogP contribution in [0, 0.1) is 6.92 Å². The van der Waals surface area contributed by atoms with Gasteiger partial charge in [-0.3, -0.25) is 9.48 Å². The number of carbonyl (C=O) groups excluding carboxylic acids is 1. The Kier molecular flexibility index (Phi) is 6.10. The number of hydrogen-bond donors (Lipinski definition) is 1. The molecule has 122 valence electrons. The van der Waals surface area contributed by atoms with Gasteiger partial charge in [-0.25, -0.2) is 0 Å². The fraction of sp³-hybridized carbons (Fsp3) is 0.250. The van der Waals surface area contributed by atoms with Crippen LogP contribution in [0.3, 0.4) is 0 Å². The second-order valence-electron chi connectivity index (χ2n) is 4.99. The Labute approximate surface area is 150 Å². The van der Waals surface area contributed by atoms with E-state index in [1.54, 1.807) is 36.0 Å². The topological polar surface area (TPSA) is 46.9 Å². The van der Waals surface area contributed by atoms with E-state index in [-0.39, 0.29) is 5.91 Å². The minimum Gasteiger partial charge on any atom is -0.352 e. The van der Waals surface area contributed by atoms with Crippen LogP contribution in [0.15, 0.2) is 24.3 Å². The lowest BCUT2D eigenvalue weighted by Crippen LogP contribution is -2.23. The van der Waals surface area contributed by atoms with Crippen LogP contribution < -0.4 is 5.32 Å². The van der Waals surface area contributed by atoms with Gasteiger partial charge in [0.15, 0.2) is 0 Å². The quantitative estimate of drug-likeness (QED) is 0.805. The van der Waals surface area contributed by atoms with Gasteiger partial charge >= 0.3 is 0 Å². The number of carbonyl (C=O) groups is 1.